The van der Waals surface area contributed by atoms with Gasteiger partial charge < -0.3 is 15.1 Å². The molecule has 0 heterocycles. The van der Waals surface area contributed by atoms with E-state index in [9.17, 15) is 20.2 Å². The van der Waals surface area contributed by atoms with Crippen molar-refractivity contribution in [2.75, 3.05) is 34.7 Å². The molecule has 0 aromatic heterocycles. The van der Waals surface area contributed by atoms with Crippen molar-refractivity contribution in [2.24, 2.45) is 0 Å². The molecule has 0 radical (unpaired) electrons. The van der Waals surface area contributed by atoms with E-state index in [4.69, 9.17) is 0 Å². The van der Waals surface area contributed by atoms with Crippen molar-refractivity contribution in [2.45, 2.75) is 26.7 Å². The average molecular weight is 317 g/mol. The number of rotatable bonds is 8. The first kappa shape index (κ1) is 22.0. The summed E-state index contributed by atoms with van der Waals surface area (Å²) in [6.45, 7) is 4.53. The highest BCUT2D eigenvalue weighted by Gasteiger charge is 2.03. The van der Waals surface area contributed by atoms with Crippen molar-refractivity contribution in [3.05, 3.63) is 44.1 Å². The van der Waals surface area contributed by atoms with Crippen LogP contribution >= 0.6 is 0 Å². The number of allylic oxidation sites excluding steroid dienone is 1. The first-order valence-electron chi connectivity index (χ1n) is 6.87. The van der Waals surface area contributed by atoms with Crippen LogP contribution in [0.2, 0.25) is 0 Å². The summed E-state index contributed by atoms with van der Waals surface area (Å²) in [6, 6.07) is 0. The first-order valence-corrected chi connectivity index (χ1v) is 6.87. The smallest absolute Gasteiger partial charge is 0.274 e. The average Bonchev–Trinajstić information content (AvgIpc) is 2.37. The second-order valence-corrected chi connectivity index (χ2v) is 4.92. The molecule has 0 unspecified atom stereocenters. The Morgan fingerprint density at radius 3 is 1.82 bits per heavy atom. The first-order chi connectivity index (χ1) is 10.1. The Kier molecular flexibility index (Phi) is 12.4. The van der Waals surface area contributed by atoms with E-state index in [1.807, 2.05) is 0 Å². The summed E-state index contributed by atoms with van der Waals surface area (Å²) in [5.41, 5.74) is 0.639. The number of unbranched alkanes of at least 4 members (excludes halogenated alkanes) is 1. The molecule has 0 fully saturated rings. The molecule has 0 rings (SSSR count). The van der Waals surface area contributed by atoms with Gasteiger partial charge in [-0.1, -0.05) is 13.3 Å². The van der Waals surface area contributed by atoms with Gasteiger partial charge in [-0.2, -0.15) is 0 Å². The molecule has 0 amide bonds. The van der Waals surface area contributed by atoms with Crippen molar-refractivity contribution in [3.63, 3.8) is 0 Å². The van der Waals surface area contributed by atoms with Crippen LogP contribution in [0.15, 0.2) is 23.9 Å². The second kappa shape index (κ2) is 12.4. The zero-order chi connectivity index (χ0) is 17.7. The SMILES string of the molecule is C/C(=C/[N+](=O)[O-])N(C)C.CCCCN/C(=C/[N+](=O)[O-])N(C)C. The van der Waals surface area contributed by atoms with E-state index in [-0.39, 0.29) is 0 Å². The van der Waals surface area contributed by atoms with E-state index in [0.717, 1.165) is 31.8 Å². The number of hydrogen-bond acceptors (Lipinski definition) is 7. The molecule has 0 atom stereocenters. The summed E-state index contributed by atoms with van der Waals surface area (Å²) < 4.78 is 0. The number of nitrogens with zero attached hydrogens (tertiary/aromatic N) is 4. The Morgan fingerprint density at radius 2 is 1.55 bits per heavy atom. The third-order valence-corrected chi connectivity index (χ3v) is 2.54. The molecule has 0 aliphatic heterocycles. The standard InChI is InChI=1S/C8H17N3O2.C5H10N2O2/c1-4-5-6-9-8(10(2)3)7-11(12)13;1-5(6(2)3)4-7(8)9/h7,9H,4-6H2,1-3H3;4H,1-3H3/b8-7-;5-4-. The molecule has 0 aliphatic rings. The minimum absolute atomic E-state index is 0.450. The van der Waals surface area contributed by atoms with E-state index >= 15 is 0 Å². The van der Waals surface area contributed by atoms with E-state index in [1.165, 1.54) is 0 Å². The lowest BCUT2D eigenvalue weighted by Gasteiger charge is -2.15. The number of nitrogens with one attached hydrogen (secondary N) is 1. The predicted molar refractivity (Wildman–Crippen MR) is 86.1 cm³/mol. The summed E-state index contributed by atoms with van der Waals surface area (Å²) in [5.74, 6) is 0.540. The van der Waals surface area contributed by atoms with Crippen LogP contribution in [0.3, 0.4) is 0 Å². The van der Waals surface area contributed by atoms with Gasteiger partial charge in [-0.15, -0.1) is 0 Å². The van der Waals surface area contributed by atoms with E-state index in [1.54, 1.807) is 44.9 Å². The lowest BCUT2D eigenvalue weighted by molar-refractivity contribution is -0.404. The highest BCUT2D eigenvalue weighted by molar-refractivity contribution is 4.91. The van der Waals surface area contributed by atoms with Crippen molar-refractivity contribution >= 4 is 0 Å². The normalized spacial score (nSPS) is 11.2. The van der Waals surface area contributed by atoms with Crippen LogP contribution in [-0.4, -0.2) is 54.4 Å². The fourth-order valence-electron chi connectivity index (χ4n) is 1.08. The van der Waals surface area contributed by atoms with Crippen molar-refractivity contribution in [1.29, 1.82) is 0 Å². The van der Waals surface area contributed by atoms with Crippen LogP contribution in [0.5, 0.6) is 0 Å². The van der Waals surface area contributed by atoms with Crippen molar-refractivity contribution in [3.8, 4) is 0 Å². The van der Waals surface area contributed by atoms with Gasteiger partial charge in [0.2, 0.25) is 0 Å². The van der Waals surface area contributed by atoms with Gasteiger partial charge >= 0.3 is 0 Å². The molecule has 128 valence electrons. The third kappa shape index (κ3) is 14.1. The molecule has 9 heteroatoms. The van der Waals surface area contributed by atoms with Crippen LogP contribution < -0.4 is 5.32 Å². The van der Waals surface area contributed by atoms with Gasteiger partial charge in [-0.05, 0) is 13.3 Å². The second-order valence-electron chi connectivity index (χ2n) is 4.92. The summed E-state index contributed by atoms with van der Waals surface area (Å²) in [4.78, 5) is 22.5. The van der Waals surface area contributed by atoms with Gasteiger partial charge in [0, 0.05) is 34.7 Å². The molecule has 0 spiro atoms. The summed E-state index contributed by atoms with van der Waals surface area (Å²) in [6.07, 6.45) is 4.05. The number of hydrogen-bond donors (Lipinski definition) is 1. The van der Waals surface area contributed by atoms with Crippen LogP contribution in [0.25, 0.3) is 0 Å². The predicted octanol–water partition coefficient (Wildman–Crippen LogP) is 1.70. The molecule has 22 heavy (non-hydrogen) atoms. The lowest BCUT2D eigenvalue weighted by Crippen LogP contribution is -2.27. The summed E-state index contributed by atoms with van der Waals surface area (Å²) in [5, 5.41) is 23.0. The van der Waals surface area contributed by atoms with Crippen LogP contribution in [0, 0.1) is 20.2 Å². The highest BCUT2D eigenvalue weighted by Crippen LogP contribution is 1.95. The fraction of sp³-hybridized carbons (Fsp3) is 0.692. The zero-order valence-electron chi connectivity index (χ0n) is 14.2. The zero-order valence-corrected chi connectivity index (χ0v) is 14.2. The van der Waals surface area contributed by atoms with Crippen LogP contribution in [0.1, 0.15) is 26.7 Å². The molecular formula is C13H27N5O4. The van der Waals surface area contributed by atoms with E-state index in [0.29, 0.717) is 11.5 Å². The van der Waals surface area contributed by atoms with E-state index in [2.05, 4.69) is 12.2 Å². The van der Waals surface area contributed by atoms with Crippen LogP contribution in [-0.2, 0) is 0 Å². The quantitative estimate of drug-likeness (QED) is 0.412. The Labute approximate surface area is 131 Å². The maximum Gasteiger partial charge on any atom is 0.274 e. The van der Waals surface area contributed by atoms with Gasteiger partial charge in [-0.3, -0.25) is 20.2 Å². The highest BCUT2D eigenvalue weighted by atomic mass is 16.6. The molecular weight excluding hydrogens is 290 g/mol. The molecule has 0 aromatic carbocycles. The Morgan fingerprint density at radius 1 is 1.05 bits per heavy atom. The molecule has 0 saturated carbocycles. The third-order valence-electron chi connectivity index (χ3n) is 2.54. The number of nitro groups is 2. The molecule has 0 bridgehead atoms. The van der Waals surface area contributed by atoms with Crippen LogP contribution in [0.4, 0.5) is 0 Å². The van der Waals surface area contributed by atoms with Gasteiger partial charge in [0.25, 0.3) is 12.4 Å². The topological polar surface area (TPSA) is 105 Å². The molecule has 9 nitrogen and oxygen atoms in total. The Bertz CT molecular complexity index is 405. The van der Waals surface area contributed by atoms with Crippen molar-refractivity contribution in [1.82, 2.24) is 15.1 Å². The van der Waals surface area contributed by atoms with Gasteiger partial charge in [0.15, 0.2) is 5.82 Å². The van der Waals surface area contributed by atoms with Gasteiger partial charge in [0.05, 0.1) is 15.5 Å². The van der Waals surface area contributed by atoms with E-state index < -0.39 is 9.85 Å². The van der Waals surface area contributed by atoms with Gasteiger partial charge in [-0.25, -0.2) is 0 Å². The Balaban J connectivity index is 0. The maximum absolute atomic E-state index is 10.2. The molecule has 0 aliphatic carbocycles. The fourth-order valence-corrected chi connectivity index (χ4v) is 1.08. The summed E-state index contributed by atoms with van der Waals surface area (Å²) >= 11 is 0. The molecule has 0 aromatic rings. The minimum atomic E-state index is -0.463. The molecule has 1 N–H and O–H groups in total. The monoisotopic (exact) mass is 317 g/mol. The maximum atomic E-state index is 10.2. The van der Waals surface area contributed by atoms with Crippen molar-refractivity contribution < 1.29 is 9.85 Å². The van der Waals surface area contributed by atoms with Gasteiger partial charge in [0.1, 0.15) is 0 Å². The largest absolute Gasteiger partial charge is 0.376 e. The Hall–Kier alpha value is -2.32. The lowest BCUT2D eigenvalue weighted by atomic mass is 10.3. The molecule has 0 saturated heterocycles. The summed E-state index contributed by atoms with van der Waals surface area (Å²) in [7, 11) is 7.06. The minimum Gasteiger partial charge on any atom is -0.376 e.